The number of hydrogen-bond donors (Lipinski definition) is 3. The molecule has 0 saturated heterocycles. The van der Waals surface area contributed by atoms with E-state index in [0.29, 0.717) is 29.1 Å². The van der Waals surface area contributed by atoms with Crippen molar-refractivity contribution in [3.63, 3.8) is 0 Å². The van der Waals surface area contributed by atoms with Crippen molar-refractivity contribution < 1.29 is 4.74 Å². The molecule has 0 amide bonds. The van der Waals surface area contributed by atoms with Gasteiger partial charge in [0.15, 0.2) is 11.5 Å². The van der Waals surface area contributed by atoms with Gasteiger partial charge in [0.2, 0.25) is 0 Å². The Hall–Kier alpha value is -2.80. The highest BCUT2D eigenvalue weighted by Gasteiger charge is 2.23. The van der Waals surface area contributed by atoms with E-state index >= 15 is 0 Å². The molecule has 0 aliphatic heterocycles. The van der Waals surface area contributed by atoms with E-state index in [-0.39, 0.29) is 0 Å². The van der Waals surface area contributed by atoms with Crippen molar-refractivity contribution in [2.24, 2.45) is 5.73 Å². The molecule has 1 fully saturated rings. The van der Waals surface area contributed by atoms with Crippen LogP contribution in [0.5, 0.6) is 5.75 Å². The lowest BCUT2D eigenvalue weighted by Crippen LogP contribution is -2.25. The Bertz CT molecular complexity index is 896. The quantitative estimate of drug-likeness (QED) is 0.667. The zero-order chi connectivity index (χ0) is 18.1. The van der Waals surface area contributed by atoms with Gasteiger partial charge >= 0.3 is 0 Å². The summed E-state index contributed by atoms with van der Waals surface area (Å²) in [5, 5.41) is 7.88. The highest BCUT2D eigenvalue weighted by atomic mass is 16.5. The highest BCUT2D eigenvalue weighted by molar-refractivity contribution is 5.70. The van der Waals surface area contributed by atoms with Crippen molar-refractivity contribution in [1.29, 1.82) is 0 Å². The fourth-order valence-corrected chi connectivity index (χ4v) is 3.51. The van der Waals surface area contributed by atoms with Gasteiger partial charge in [0.25, 0.3) is 0 Å². The lowest BCUT2D eigenvalue weighted by Gasteiger charge is -2.24. The number of nitrogens with one attached hydrogen (secondary N) is 1. The third kappa shape index (κ3) is 3.30. The number of imidazole rings is 1. The number of aromatic nitrogens is 3. The summed E-state index contributed by atoms with van der Waals surface area (Å²) in [5.74, 6) is 1.92. The van der Waals surface area contributed by atoms with E-state index in [2.05, 4.69) is 10.4 Å². The summed E-state index contributed by atoms with van der Waals surface area (Å²) < 4.78 is 6.95. The number of nitrogens with zero attached hydrogens (tertiary/aromatic N) is 3. The molecule has 1 saturated carbocycles. The van der Waals surface area contributed by atoms with Crippen LogP contribution in [0.2, 0.25) is 0 Å². The Morgan fingerprint density at radius 1 is 1.15 bits per heavy atom. The zero-order valence-corrected chi connectivity index (χ0v) is 14.9. The molecule has 0 spiro atoms. The van der Waals surface area contributed by atoms with Crippen LogP contribution in [0.1, 0.15) is 37.3 Å². The largest absolute Gasteiger partial charge is 0.497 e. The minimum atomic E-state index is 0.326. The third-order valence-electron chi connectivity index (χ3n) is 5.02. The molecule has 7 heteroatoms. The van der Waals surface area contributed by atoms with Gasteiger partial charge in [0, 0.05) is 23.7 Å². The maximum atomic E-state index is 6.22. The van der Waals surface area contributed by atoms with Gasteiger partial charge in [-0.15, -0.1) is 5.10 Å². The van der Waals surface area contributed by atoms with Crippen LogP contribution in [0.15, 0.2) is 36.5 Å². The van der Waals surface area contributed by atoms with Crippen LogP contribution in [0.25, 0.3) is 5.65 Å². The van der Waals surface area contributed by atoms with Gasteiger partial charge in [-0.2, -0.15) is 0 Å². The molecule has 4 rings (SSSR count). The molecule has 2 aromatic heterocycles. The van der Waals surface area contributed by atoms with E-state index in [1.54, 1.807) is 11.6 Å². The first-order chi connectivity index (χ1) is 12.6. The maximum Gasteiger partial charge on any atom is 0.177 e. The first-order valence-electron chi connectivity index (χ1n) is 8.95. The van der Waals surface area contributed by atoms with Gasteiger partial charge < -0.3 is 21.5 Å². The molecule has 0 unspecified atom stereocenters. The normalized spacial score (nSPS) is 20.2. The molecule has 7 nitrogen and oxygen atoms in total. The SMILES string of the molecule is COc1ccc(Nc2cc(N)c3nc(C4CCC(N)CC4)cn3n2)cc1. The van der Waals surface area contributed by atoms with Gasteiger partial charge in [0.1, 0.15) is 5.75 Å². The molecule has 1 aliphatic rings. The highest BCUT2D eigenvalue weighted by Crippen LogP contribution is 2.32. The molecular weight excluding hydrogens is 328 g/mol. The Balaban J connectivity index is 1.59. The van der Waals surface area contributed by atoms with E-state index in [4.69, 9.17) is 21.2 Å². The molecule has 0 radical (unpaired) electrons. The predicted octanol–water partition coefficient (Wildman–Crippen LogP) is 3.05. The second-order valence-electron chi connectivity index (χ2n) is 6.88. The van der Waals surface area contributed by atoms with Crippen molar-refractivity contribution in [1.82, 2.24) is 14.6 Å². The fourth-order valence-electron chi connectivity index (χ4n) is 3.51. The number of methoxy groups -OCH3 is 1. The Morgan fingerprint density at radius 3 is 2.58 bits per heavy atom. The molecule has 2 heterocycles. The van der Waals surface area contributed by atoms with E-state index in [0.717, 1.165) is 42.8 Å². The third-order valence-corrected chi connectivity index (χ3v) is 5.02. The second kappa shape index (κ2) is 6.84. The number of hydrogen-bond acceptors (Lipinski definition) is 6. The van der Waals surface area contributed by atoms with Crippen LogP contribution in [-0.4, -0.2) is 27.7 Å². The van der Waals surface area contributed by atoms with Crippen LogP contribution in [0.4, 0.5) is 17.2 Å². The van der Waals surface area contributed by atoms with Gasteiger partial charge in [-0.05, 0) is 49.9 Å². The summed E-state index contributed by atoms with van der Waals surface area (Å²) >= 11 is 0. The number of nitrogen functional groups attached to an aromatic ring is 1. The number of ether oxygens (including phenoxy) is 1. The number of fused-ring (bicyclic) bond motifs is 1. The topological polar surface area (TPSA) is 103 Å². The molecule has 0 bridgehead atoms. The summed E-state index contributed by atoms with van der Waals surface area (Å²) in [6.07, 6.45) is 6.23. The summed E-state index contributed by atoms with van der Waals surface area (Å²) in [7, 11) is 1.65. The first-order valence-corrected chi connectivity index (χ1v) is 8.95. The van der Waals surface area contributed by atoms with Crippen LogP contribution < -0.4 is 21.5 Å². The van der Waals surface area contributed by atoms with E-state index in [1.807, 2.05) is 36.5 Å². The molecule has 26 heavy (non-hydrogen) atoms. The Labute approximate surface area is 152 Å². The summed E-state index contributed by atoms with van der Waals surface area (Å²) in [4.78, 5) is 4.72. The van der Waals surface area contributed by atoms with E-state index < -0.39 is 0 Å². The van der Waals surface area contributed by atoms with Gasteiger partial charge in [-0.25, -0.2) is 9.50 Å². The minimum Gasteiger partial charge on any atom is -0.497 e. The van der Waals surface area contributed by atoms with E-state index in [1.165, 1.54) is 0 Å². The number of rotatable bonds is 4. The smallest absolute Gasteiger partial charge is 0.177 e. The minimum absolute atomic E-state index is 0.326. The molecule has 0 atom stereocenters. The molecular formula is C19H24N6O. The number of anilines is 3. The Kier molecular flexibility index (Phi) is 4.38. The monoisotopic (exact) mass is 352 g/mol. The lowest BCUT2D eigenvalue weighted by atomic mass is 9.85. The van der Waals surface area contributed by atoms with Gasteiger partial charge in [-0.3, -0.25) is 0 Å². The Morgan fingerprint density at radius 2 is 1.88 bits per heavy atom. The standard InChI is InChI=1S/C19H24N6O/c1-26-15-8-6-14(7-9-15)22-18-10-16(21)19-23-17(11-25(19)24-18)12-2-4-13(20)5-3-12/h6-13H,2-5,20-21H2,1H3,(H,22,24). The molecule has 136 valence electrons. The van der Waals surface area contributed by atoms with E-state index in [9.17, 15) is 0 Å². The molecule has 1 aromatic carbocycles. The van der Waals surface area contributed by atoms with Crippen LogP contribution >= 0.6 is 0 Å². The van der Waals surface area contributed by atoms with Crippen LogP contribution in [0.3, 0.4) is 0 Å². The van der Waals surface area contributed by atoms with Crippen molar-refractivity contribution in [3.8, 4) is 5.75 Å². The average Bonchev–Trinajstić information content (AvgIpc) is 3.08. The van der Waals surface area contributed by atoms with Gasteiger partial charge in [0.05, 0.1) is 24.7 Å². The number of nitrogens with two attached hydrogens (primary N) is 2. The molecule has 3 aromatic rings. The summed E-state index contributed by atoms with van der Waals surface area (Å²) in [6.45, 7) is 0. The lowest BCUT2D eigenvalue weighted by molar-refractivity contribution is 0.391. The molecule has 1 aliphatic carbocycles. The van der Waals surface area contributed by atoms with Crippen molar-refractivity contribution in [3.05, 3.63) is 42.2 Å². The molecule has 5 N–H and O–H groups in total. The maximum absolute atomic E-state index is 6.22. The van der Waals surface area contributed by atoms with Crippen LogP contribution in [-0.2, 0) is 0 Å². The van der Waals surface area contributed by atoms with Crippen molar-refractivity contribution >= 4 is 22.8 Å². The fraction of sp³-hybridized carbons (Fsp3) is 0.368. The van der Waals surface area contributed by atoms with Crippen molar-refractivity contribution in [2.75, 3.05) is 18.2 Å². The van der Waals surface area contributed by atoms with Crippen LogP contribution in [0, 0.1) is 0 Å². The average molecular weight is 352 g/mol. The summed E-state index contributed by atoms with van der Waals surface area (Å²) in [6, 6.07) is 9.80. The number of benzene rings is 1. The summed E-state index contributed by atoms with van der Waals surface area (Å²) in [5.41, 5.74) is 15.5. The first kappa shape index (κ1) is 16.7. The predicted molar refractivity (Wildman–Crippen MR) is 103 cm³/mol. The zero-order valence-electron chi connectivity index (χ0n) is 14.9. The van der Waals surface area contributed by atoms with Gasteiger partial charge in [-0.1, -0.05) is 0 Å². The second-order valence-corrected chi connectivity index (χ2v) is 6.88. The van der Waals surface area contributed by atoms with Crippen molar-refractivity contribution in [2.45, 2.75) is 37.6 Å².